The summed E-state index contributed by atoms with van der Waals surface area (Å²) in [5.41, 5.74) is 1.84. The van der Waals surface area contributed by atoms with Crippen molar-refractivity contribution in [2.75, 3.05) is 0 Å². The summed E-state index contributed by atoms with van der Waals surface area (Å²) in [6.45, 7) is 3.13. The fraction of sp³-hybridized carbons (Fsp3) is 0.211. The van der Waals surface area contributed by atoms with Gasteiger partial charge in [0.2, 0.25) is 6.10 Å². The first-order valence-electron chi connectivity index (χ1n) is 7.58. The van der Waals surface area contributed by atoms with Crippen LogP contribution in [0.5, 0.6) is 0 Å². The molecule has 0 N–H and O–H groups in total. The zero-order valence-electron chi connectivity index (χ0n) is 13.5. The molecule has 24 heavy (non-hydrogen) atoms. The van der Waals surface area contributed by atoms with Crippen molar-refractivity contribution in [2.24, 2.45) is 0 Å². The Morgan fingerprint density at radius 2 is 1.58 bits per heavy atom. The number of carbonyl (C=O) groups is 3. The lowest BCUT2D eigenvalue weighted by Crippen LogP contribution is -2.23. The largest absolute Gasteiger partial charge is 0.442 e. The van der Waals surface area contributed by atoms with Crippen LogP contribution in [0.15, 0.2) is 54.6 Å². The van der Waals surface area contributed by atoms with Crippen molar-refractivity contribution in [1.82, 2.24) is 0 Å². The van der Waals surface area contributed by atoms with Crippen molar-refractivity contribution in [3.8, 4) is 0 Å². The Balaban J connectivity index is 2.22. The number of aryl methyl sites for hydroxylation is 1. The van der Waals surface area contributed by atoms with Crippen LogP contribution >= 0.6 is 0 Å². The van der Waals surface area contributed by atoms with Gasteiger partial charge in [-0.15, -0.1) is 0 Å². The minimum absolute atomic E-state index is 0.323. The zero-order valence-corrected chi connectivity index (χ0v) is 13.5. The van der Waals surface area contributed by atoms with Crippen LogP contribution in [0.1, 0.15) is 41.4 Å². The number of carbonyl (C=O) groups excluding carboxylic acids is 3. The van der Waals surface area contributed by atoms with Crippen molar-refractivity contribution in [2.45, 2.75) is 26.4 Å². The van der Waals surface area contributed by atoms with Crippen LogP contribution in [0.25, 0.3) is 0 Å². The highest BCUT2D eigenvalue weighted by molar-refractivity contribution is 5.93. The van der Waals surface area contributed by atoms with E-state index in [1.54, 1.807) is 42.5 Å². The van der Waals surface area contributed by atoms with Crippen LogP contribution in [0.2, 0.25) is 0 Å². The van der Waals surface area contributed by atoms with Gasteiger partial charge in [-0.2, -0.15) is 0 Å². The average Bonchev–Trinajstić information content (AvgIpc) is 2.59. The molecule has 5 nitrogen and oxygen atoms in total. The normalized spacial score (nSPS) is 11.4. The number of esters is 3. The van der Waals surface area contributed by atoms with Gasteiger partial charge in [-0.05, 0) is 24.1 Å². The highest BCUT2D eigenvalue weighted by Crippen LogP contribution is 2.21. The summed E-state index contributed by atoms with van der Waals surface area (Å²) in [5, 5.41) is 0. The third-order valence-corrected chi connectivity index (χ3v) is 3.38. The van der Waals surface area contributed by atoms with Crippen LogP contribution in [-0.4, -0.2) is 17.9 Å². The van der Waals surface area contributed by atoms with Gasteiger partial charge in [0.25, 0.3) is 0 Å². The van der Waals surface area contributed by atoms with E-state index in [9.17, 15) is 14.4 Å². The van der Waals surface area contributed by atoms with E-state index in [1.165, 1.54) is 0 Å². The number of benzene rings is 2. The number of hydrogen-bond acceptors (Lipinski definition) is 5. The molecule has 0 spiro atoms. The summed E-state index contributed by atoms with van der Waals surface area (Å²) in [6.07, 6.45) is -0.444. The minimum atomic E-state index is -1.30. The predicted octanol–water partition coefficient (Wildman–Crippen LogP) is 3.24. The Labute approximate surface area is 140 Å². The zero-order chi connectivity index (χ0) is 17.5. The molecule has 0 aliphatic rings. The molecule has 0 saturated heterocycles. The number of hydrogen-bond donors (Lipinski definition) is 0. The van der Waals surface area contributed by atoms with E-state index in [2.05, 4.69) is 4.74 Å². The van der Waals surface area contributed by atoms with Gasteiger partial charge in [-0.3, -0.25) is 4.79 Å². The number of ether oxygens (including phenoxy) is 2. The fourth-order valence-corrected chi connectivity index (χ4v) is 2.13. The Morgan fingerprint density at radius 1 is 0.958 bits per heavy atom. The van der Waals surface area contributed by atoms with E-state index in [4.69, 9.17) is 4.74 Å². The van der Waals surface area contributed by atoms with E-state index in [-0.39, 0.29) is 0 Å². The Morgan fingerprint density at radius 3 is 2.12 bits per heavy atom. The van der Waals surface area contributed by atoms with Gasteiger partial charge >= 0.3 is 17.9 Å². The van der Waals surface area contributed by atoms with Gasteiger partial charge in [0, 0.05) is 12.5 Å². The third-order valence-electron chi connectivity index (χ3n) is 3.38. The molecule has 0 heterocycles. The van der Waals surface area contributed by atoms with Gasteiger partial charge in [-0.25, -0.2) is 9.59 Å². The fourth-order valence-electron chi connectivity index (χ4n) is 2.13. The highest BCUT2D eigenvalue weighted by atomic mass is 16.6. The maximum Gasteiger partial charge on any atom is 0.359 e. The van der Waals surface area contributed by atoms with Crippen molar-refractivity contribution in [3.05, 3.63) is 71.3 Å². The Bertz CT molecular complexity index is 719. The SMILES string of the molecule is CCc1ccc(C(=O)OC(C(=O)OC(C)=O)c2ccccc2)cc1. The molecular weight excluding hydrogens is 308 g/mol. The van der Waals surface area contributed by atoms with Gasteiger partial charge in [0.1, 0.15) is 0 Å². The molecule has 2 rings (SSSR count). The molecule has 0 saturated carbocycles. The molecule has 0 aromatic heterocycles. The first-order valence-corrected chi connectivity index (χ1v) is 7.58. The third kappa shape index (κ3) is 4.52. The second kappa shape index (κ2) is 8.06. The maximum absolute atomic E-state index is 12.3. The quantitative estimate of drug-likeness (QED) is 0.623. The molecule has 1 atom stereocenters. The van der Waals surface area contributed by atoms with Crippen LogP contribution in [-0.2, 0) is 25.5 Å². The average molecular weight is 326 g/mol. The van der Waals surface area contributed by atoms with E-state index >= 15 is 0 Å². The van der Waals surface area contributed by atoms with E-state index in [0.717, 1.165) is 18.9 Å². The second-order valence-corrected chi connectivity index (χ2v) is 5.16. The summed E-state index contributed by atoms with van der Waals surface area (Å²) in [7, 11) is 0. The topological polar surface area (TPSA) is 69.7 Å². The summed E-state index contributed by atoms with van der Waals surface area (Å²) >= 11 is 0. The first kappa shape index (κ1) is 17.4. The van der Waals surface area contributed by atoms with Gasteiger partial charge in [-0.1, -0.05) is 49.4 Å². The highest BCUT2D eigenvalue weighted by Gasteiger charge is 2.28. The van der Waals surface area contributed by atoms with Crippen LogP contribution in [0.4, 0.5) is 0 Å². The Hall–Kier alpha value is -2.95. The van der Waals surface area contributed by atoms with Crippen molar-refractivity contribution >= 4 is 17.9 Å². The van der Waals surface area contributed by atoms with Crippen LogP contribution in [0.3, 0.4) is 0 Å². The molecule has 0 radical (unpaired) electrons. The van der Waals surface area contributed by atoms with E-state index in [1.807, 2.05) is 19.1 Å². The standard InChI is InChI=1S/C19H18O5/c1-3-14-9-11-16(12-10-14)18(21)24-17(19(22)23-13(2)20)15-7-5-4-6-8-15/h4-12,17H,3H2,1-2H3. The summed E-state index contributed by atoms with van der Waals surface area (Å²) in [6, 6.07) is 15.3. The summed E-state index contributed by atoms with van der Waals surface area (Å²) in [5.74, 6) is -2.34. The second-order valence-electron chi connectivity index (χ2n) is 5.16. The molecule has 0 aliphatic carbocycles. The van der Waals surface area contributed by atoms with Gasteiger partial charge in [0.15, 0.2) is 0 Å². The summed E-state index contributed by atoms with van der Waals surface area (Å²) in [4.78, 5) is 35.4. The first-order chi connectivity index (χ1) is 11.5. The monoisotopic (exact) mass is 326 g/mol. The molecule has 0 fully saturated rings. The molecule has 0 bridgehead atoms. The number of rotatable bonds is 5. The van der Waals surface area contributed by atoms with Gasteiger partial charge < -0.3 is 9.47 Å². The molecule has 5 heteroatoms. The maximum atomic E-state index is 12.3. The van der Waals surface area contributed by atoms with Crippen molar-refractivity contribution in [3.63, 3.8) is 0 Å². The minimum Gasteiger partial charge on any atom is -0.442 e. The molecule has 0 aliphatic heterocycles. The molecule has 2 aromatic carbocycles. The lowest BCUT2D eigenvalue weighted by Gasteiger charge is -2.16. The van der Waals surface area contributed by atoms with Crippen molar-refractivity contribution in [1.29, 1.82) is 0 Å². The van der Waals surface area contributed by atoms with Gasteiger partial charge in [0.05, 0.1) is 5.56 Å². The van der Waals surface area contributed by atoms with Crippen LogP contribution in [0, 0.1) is 0 Å². The van der Waals surface area contributed by atoms with Crippen LogP contribution < -0.4 is 0 Å². The molecule has 2 aromatic rings. The lowest BCUT2D eigenvalue weighted by molar-refractivity contribution is -0.165. The molecular formula is C19H18O5. The Kier molecular flexibility index (Phi) is 5.84. The predicted molar refractivity (Wildman–Crippen MR) is 87.2 cm³/mol. The van der Waals surface area contributed by atoms with E-state index < -0.39 is 24.0 Å². The summed E-state index contributed by atoms with van der Waals surface area (Å²) < 4.78 is 9.88. The smallest absolute Gasteiger partial charge is 0.359 e. The molecule has 1 unspecified atom stereocenters. The molecule has 124 valence electrons. The molecule has 0 amide bonds. The van der Waals surface area contributed by atoms with E-state index in [0.29, 0.717) is 11.1 Å². The lowest BCUT2D eigenvalue weighted by atomic mass is 10.1. The van der Waals surface area contributed by atoms with Crippen molar-refractivity contribution < 1.29 is 23.9 Å².